The summed E-state index contributed by atoms with van der Waals surface area (Å²) in [6.07, 6.45) is 1.57. The maximum atomic E-state index is 12.8. The predicted octanol–water partition coefficient (Wildman–Crippen LogP) is 3.96. The van der Waals surface area contributed by atoms with Gasteiger partial charge in [0.05, 0.1) is 30.0 Å². The van der Waals surface area contributed by atoms with Gasteiger partial charge >= 0.3 is 0 Å². The third kappa shape index (κ3) is 3.00. The summed E-state index contributed by atoms with van der Waals surface area (Å²) in [7, 11) is 1.63. The lowest BCUT2D eigenvalue weighted by Crippen LogP contribution is -2.19. The molecule has 0 aliphatic carbocycles. The first-order chi connectivity index (χ1) is 13.0. The topological polar surface area (TPSA) is 69.9 Å². The van der Waals surface area contributed by atoms with Gasteiger partial charge in [0, 0.05) is 12.1 Å². The number of aryl methyl sites for hydroxylation is 1. The van der Waals surface area contributed by atoms with Gasteiger partial charge < -0.3 is 4.74 Å². The number of aromatic nitrogens is 4. The van der Waals surface area contributed by atoms with Gasteiger partial charge in [0.15, 0.2) is 5.82 Å². The Balaban J connectivity index is 1.91. The maximum absolute atomic E-state index is 12.8. The second-order valence-electron chi connectivity index (χ2n) is 6.46. The van der Waals surface area contributed by atoms with Crippen molar-refractivity contribution in [1.29, 1.82) is 0 Å². The SMILES string of the molecule is C=C(C)Cn1cnc2c(sc3nc(-c4ccc(OC)cc4)nc(C)c32)c1=O. The number of rotatable bonds is 4. The Morgan fingerprint density at radius 1 is 1.26 bits per heavy atom. The molecule has 0 radical (unpaired) electrons. The standard InChI is InChI=1S/C20H18N4O2S/c1-11(2)9-24-10-21-16-15-12(3)22-18(13-5-7-14(26-4)8-6-13)23-19(15)27-17(16)20(24)25/h5-8,10H,1,9H2,2-4H3. The summed E-state index contributed by atoms with van der Waals surface area (Å²) in [5.41, 5.74) is 3.19. The number of allylic oxidation sites excluding steroid dienone is 1. The van der Waals surface area contributed by atoms with Crippen LogP contribution in [0, 0.1) is 6.92 Å². The third-order valence-corrected chi connectivity index (χ3v) is 5.34. The predicted molar refractivity (Wildman–Crippen MR) is 109 cm³/mol. The van der Waals surface area contributed by atoms with Crippen molar-refractivity contribution >= 4 is 31.8 Å². The molecule has 0 amide bonds. The van der Waals surface area contributed by atoms with Gasteiger partial charge in [-0.2, -0.15) is 0 Å². The van der Waals surface area contributed by atoms with Crippen LogP contribution in [0.1, 0.15) is 12.6 Å². The van der Waals surface area contributed by atoms with Crippen LogP contribution in [0.3, 0.4) is 0 Å². The van der Waals surface area contributed by atoms with Crippen molar-refractivity contribution in [2.24, 2.45) is 0 Å². The summed E-state index contributed by atoms with van der Waals surface area (Å²) in [5.74, 6) is 1.40. The Morgan fingerprint density at radius 3 is 2.67 bits per heavy atom. The molecule has 0 aliphatic rings. The number of fused-ring (bicyclic) bond motifs is 3. The minimum atomic E-state index is -0.0728. The zero-order valence-electron chi connectivity index (χ0n) is 15.3. The van der Waals surface area contributed by atoms with Crippen LogP contribution in [-0.2, 0) is 6.54 Å². The van der Waals surface area contributed by atoms with E-state index in [0.717, 1.165) is 32.8 Å². The molecule has 1 aromatic carbocycles. The summed E-state index contributed by atoms with van der Waals surface area (Å²) in [6, 6.07) is 7.59. The third-order valence-electron chi connectivity index (χ3n) is 4.28. The monoisotopic (exact) mass is 378 g/mol. The zero-order valence-corrected chi connectivity index (χ0v) is 16.1. The average molecular weight is 378 g/mol. The molecule has 0 atom stereocenters. The van der Waals surface area contributed by atoms with Gasteiger partial charge in [-0.15, -0.1) is 11.3 Å². The Labute approximate surface area is 159 Å². The van der Waals surface area contributed by atoms with Crippen LogP contribution in [-0.4, -0.2) is 26.6 Å². The second-order valence-corrected chi connectivity index (χ2v) is 7.45. The van der Waals surface area contributed by atoms with E-state index in [-0.39, 0.29) is 5.56 Å². The van der Waals surface area contributed by atoms with E-state index in [2.05, 4.69) is 16.5 Å². The molecule has 0 aliphatic heterocycles. The van der Waals surface area contributed by atoms with Crippen LogP contribution >= 0.6 is 11.3 Å². The molecule has 0 saturated heterocycles. The highest BCUT2D eigenvalue weighted by Gasteiger charge is 2.17. The van der Waals surface area contributed by atoms with Gasteiger partial charge in [0.2, 0.25) is 0 Å². The molecular formula is C20H18N4O2S. The highest BCUT2D eigenvalue weighted by Crippen LogP contribution is 2.32. The van der Waals surface area contributed by atoms with E-state index >= 15 is 0 Å². The van der Waals surface area contributed by atoms with Gasteiger partial charge in [-0.3, -0.25) is 9.36 Å². The first-order valence-electron chi connectivity index (χ1n) is 8.43. The summed E-state index contributed by atoms with van der Waals surface area (Å²) >= 11 is 1.36. The summed E-state index contributed by atoms with van der Waals surface area (Å²) in [6.45, 7) is 8.13. The lowest BCUT2D eigenvalue weighted by Gasteiger charge is -2.05. The fraction of sp³-hybridized carbons (Fsp3) is 0.200. The molecule has 0 saturated carbocycles. The Kier molecular flexibility index (Phi) is 4.24. The number of ether oxygens (including phenoxy) is 1. The number of hydrogen-bond donors (Lipinski definition) is 0. The highest BCUT2D eigenvalue weighted by molar-refractivity contribution is 7.25. The van der Waals surface area contributed by atoms with E-state index in [1.807, 2.05) is 38.1 Å². The molecule has 4 rings (SSSR count). The molecular weight excluding hydrogens is 360 g/mol. The van der Waals surface area contributed by atoms with Crippen molar-refractivity contribution in [1.82, 2.24) is 19.5 Å². The molecule has 3 heterocycles. The molecule has 0 spiro atoms. The van der Waals surface area contributed by atoms with Crippen LogP contribution in [0.4, 0.5) is 0 Å². The first-order valence-corrected chi connectivity index (χ1v) is 9.24. The summed E-state index contributed by atoms with van der Waals surface area (Å²) in [5, 5.41) is 0.840. The molecule has 7 heteroatoms. The average Bonchev–Trinajstić information content (AvgIpc) is 3.03. The van der Waals surface area contributed by atoms with E-state index in [0.29, 0.717) is 22.6 Å². The van der Waals surface area contributed by atoms with Crippen LogP contribution in [0.2, 0.25) is 0 Å². The molecule has 0 bridgehead atoms. The van der Waals surface area contributed by atoms with Crippen LogP contribution in [0.15, 0.2) is 47.5 Å². The number of nitrogens with zero attached hydrogens (tertiary/aromatic N) is 4. The van der Waals surface area contributed by atoms with Gasteiger partial charge in [-0.1, -0.05) is 12.2 Å². The Hall–Kier alpha value is -3.06. The molecule has 0 unspecified atom stereocenters. The van der Waals surface area contributed by atoms with Crippen LogP contribution in [0.5, 0.6) is 5.75 Å². The fourth-order valence-corrected chi connectivity index (χ4v) is 4.13. The van der Waals surface area contributed by atoms with Gasteiger partial charge in [-0.25, -0.2) is 15.0 Å². The van der Waals surface area contributed by atoms with E-state index in [1.165, 1.54) is 11.3 Å². The van der Waals surface area contributed by atoms with Crippen LogP contribution < -0.4 is 10.3 Å². The molecule has 4 aromatic rings. The molecule has 3 aromatic heterocycles. The first kappa shape index (κ1) is 17.4. The smallest absolute Gasteiger partial charge is 0.271 e. The van der Waals surface area contributed by atoms with E-state index in [4.69, 9.17) is 9.72 Å². The maximum Gasteiger partial charge on any atom is 0.271 e. The van der Waals surface area contributed by atoms with Crippen molar-refractivity contribution in [3.05, 3.63) is 58.8 Å². The van der Waals surface area contributed by atoms with Crippen molar-refractivity contribution in [3.8, 4) is 17.1 Å². The van der Waals surface area contributed by atoms with E-state index in [9.17, 15) is 4.79 Å². The van der Waals surface area contributed by atoms with Gasteiger partial charge in [-0.05, 0) is 38.1 Å². The lowest BCUT2D eigenvalue weighted by atomic mass is 10.2. The zero-order chi connectivity index (χ0) is 19.1. The number of thiophene rings is 1. The molecule has 136 valence electrons. The summed E-state index contributed by atoms with van der Waals surface area (Å²) < 4.78 is 7.37. The Morgan fingerprint density at radius 2 is 2.00 bits per heavy atom. The minimum absolute atomic E-state index is 0.0728. The number of hydrogen-bond acceptors (Lipinski definition) is 6. The lowest BCUT2D eigenvalue weighted by molar-refractivity contribution is 0.415. The number of methoxy groups -OCH3 is 1. The molecule has 0 N–H and O–H groups in total. The number of benzene rings is 1. The van der Waals surface area contributed by atoms with Crippen molar-refractivity contribution in [2.45, 2.75) is 20.4 Å². The normalized spacial score (nSPS) is 11.2. The molecule has 6 nitrogen and oxygen atoms in total. The summed E-state index contributed by atoms with van der Waals surface area (Å²) in [4.78, 5) is 27.4. The molecule has 0 fully saturated rings. The highest BCUT2D eigenvalue weighted by atomic mass is 32.1. The van der Waals surface area contributed by atoms with Crippen molar-refractivity contribution < 1.29 is 4.74 Å². The van der Waals surface area contributed by atoms with Crippen molar-refractivity contribution in [3.63, 3.8) is 0 Å². The van der Waals surface area contributed by atoms with Crippen molar-refractivity contribution in [2.75, 3.05) is 7.11 Å². The minimum Gasteiger partial charge on any atom is -0.497 e. The second kappa shape index (κ2) is 6.59. The quantitative estimate of drug-likeness (QED) is 0.503. The van der Waals surface area contributed by atoms with E-state index in [1.54, 1.807) is 18.0 Å². The van der Waals surface area contributed by atoms with Crippen LogP contribution in [0.25, 0.3) is 31.8 Å². The van der Waals surface area contributed by atoms with Gasteiger partial charge in [0.1, 0.15) is 15.3 Å². The molecule has 27 heavy (non-hydrogen) atoms. The largest absolute Gasteiger partial charge is 0.497 e. The van der Waals surface area contributed by atoms with E-state index < -0.39 is 0 Å². The fourth-order valence-electron chi connectivity index (χ4n) is 3.00. The van der Waals surface area contributed by atoms with Gasteiger partial charge in [0.25, 0.3) is 5.56 Å². The Bertz CT molecular complexity index is 1240.